The average molecular weight is 240 g/mol. The van der Waals surface area contributed by atoms with Crippen LogP contribution in [-0.2, 0) is 4.74 Å². The third-order valence-corrected chi connectivity index (χ3v) is 4.26. The van der Waals surface area contributed by atoms with Crippen LogP contribution < -0.4 is 0 Å². The number of nitrogens with zero attached hydrogens (tertiary/aromatic N) is 2. The first-order valence-corrected chi connectivity index (χ1v) is 6.47. The molecule has 0 amide bonds. The molecule has 0 N–H and O–H groups in total. The number of aliphatic imine (C=N–C) groups is 2. The Bertz CT molecular complexity index is 341. The van der Waals surface area contributed by atoms with Gasteiger partial charge in [0.1, 0.15) is 0 Å². The van der Waals surface area contributed by atoms with Crippen molar-refractivity contribution in [3.63, 3.8) is 0 Å². The summed E-state index contributed by atoms with van der Waals surface area (Å²) < 4.78 is 5.99. The molecule has 0 aromatic heterocycles. The summed E-state index contributed by atoms with van der Waals surface area (Å²) in [6.07, 6.45) is 3.86. The van der Waals surface area contributed by atoms with Crippen molar-refractivity contribution in [2.45, 2.75) is 25.7 Å². The van der Waals surface area contributed by atoms with Gasteiger partial charge in [-0.25, -0.2) is 0 Å². The van der Waals surface area contributed by atoms with Crippen molar-refractivity contribution < 1.29 is 4.74 Å². The average Bonchev–Trinajstić information content (AvgIpc) is 2.56. The van der Waals surface area contributed by atoms with Gasteiger partial charge in [0.15, 0.2) is 4.93 Å². The first-order chi connectivity index (χ1) is 7.43. The van der Waals surface area contributed by atoms with Crippen LogP contribution in [0.1, 0.15) is 20.8 Å². The van der Waals surface area contributed by atoms with Crippen LogP contribution in [-0.4, -0.2) is 37.8 Å². The SMILES string of the molecule is C=NC1=C(/C=N\C)COC1(SC)C(C)(C)C. The zero-order valence-corrected chi connectivity index (χ0v) is 11.5. The second-order valence-electron chi connectivity index (χ2n) is 4.78. The molecule has 1 rings (SSSR count). The highest BCUT2D eigenvalue weighted by molar-refractivity contribution is 8.00. The van der Waals surface area contributed by atoms with E-state index in [1.54, 1.807) is 18.8 Å². The number of hydrogen-bond acceptors (Lipinski definition) is 4. The molecule has 0 aliphatic carbocycles. The zero-order chi connectivity index (χ0) is 12.4. The molecule has 0 saturated heterocycles. The first kappa shape index (κ1) is 13.5. The summed E-state index contributed by atoms with van der Waals surface area (Å²) in [7, 11) is 1.75. The minimum absolute atomic E-state index is 0.0354. The first-order valence-electron chi connectivity index (χ1n) is 5.24. The van der Waals surface area contributed by atoms with Crippen LogP contribution in [0.25, 0.3) is 0 Å². The van der Waals surface area contributed by atoms with Gasteiger partial charge in [-0.05, 0) is 13.0 Å². The van der Waals surface area contributed by atoms with E-state index in [1.807, 2.05) is 12.5 Å². The smallest absolute Gasteiger partial charge is 0.161 e. The molecule has 0 bridgehead atoms. The number of rotatable bonds is 3. The minimum Gasteiger partial charge on any atom is -0.353 e. The lowest BCUT2D eigenvalue weighted by Crippen LogP contribution is -2.41. The van der Waals surface area contributed by atoms with E-state index < -0.39 is 4.93 Å². The molecule has 90 valence electrons. The van der Waals surface area contributed by atoms with Crippen LogP contribution in [0.4, 0.5) is 0 Å². The third-order valence-electron chi connectivity index (χ3n) is 2.76. The Morgan fingerprint density at radius 1 is 1.50 bits per heavy atom. The van der Waals surface area contributed by atoms with E-state index in [-0.39, 0.29) is 5.41 Å². The van der Waals surface area contributed by atoms with Crippen molar-refractivity contribution in [2.24, 2.45) is 15.4 Å². The Balaban J connectivity index is 3.30. The summed E-state index contributed by atoms with van der Waals surface area (Å²) in [5.41, 5.74) is 1.91. The van der Waals surface area contributed by atoms with Crippen LogP contribution in [0.15, 0.2) is 21.3 Å². The van der Waals surface area contributed by atoms with Gasteiger partial charge in [-0.1, -0.05) is 20.8 Å². The molecular weight excluding hydrogens is 220 g/mol. The van der Waals surface area contributed by atoms with Crippen LogP contribution >= 0.6 is 11.8 Å². The molecule has 0 saturated carbocycles. The largest absolute Gasteiger partial charge is 0.353 e. The van der Waals surface area contributed by atoms with Gasteiger partial charge in [0.25, 0.3) is 0 Å². The third kappa shape index (κ3) is 1.96. The van der Waals surface area contributed by atoms with Crippen molar-refractivity contribution in [3.8, 4) is 0 Å². The van der Waals surface area contributed by atoms with E-state index in [1.165, 1.54) is 0 Å². The fourth-order valence-electron chi connectivity index (χ4n) is 2.02. The van der Waals surface area contributed by atoms with Gasteiger partial charge in [0, 0.05) is 24.3 Å². The lowest BCUT2D eigenvalue weighted by atomic mass is 9.86. The molecule has 3 nitrogen and oxygen atoms in total. The van der Waals surface area contributed by atoms with Crippen LogP contribution in [0.3, 0.4) is 0 Å². The molecular formula is C12H20N2OS. The maximum atomic E-state index is 5.99. The van der Waals surface area contributed by atoms with Crippen molar-refractivity contribution in [1.29, 1.82) is 0 Å². The normalized spacial score (nSPS) is 26.8. The summed E-state index contributed by atoms with van der Waals surface area (Å²) >= 11 is 1.67. The second-order valence-corrected chi connectivity index (χ2v) is 5.76. The molecule has 0 radical (unpaired) electrons. The Morgan fingerprint density at radius 2 is 2.12 bits per heavy atom. The van der Waals surface area contributed by atoms with Gasteiger partial charge in [0.05, 0.1) is 12.3 Å². The van der Waals surface area contributed by atoms with Crippen LogP contribution in [0.2, 0.25) is 0 Å². The van der Waals surface area contributed by atoms with E-state index in [9.17, 15) is 0 Å². The molecule has 0 fully saturated rings. The molecule has 1 heterocycles. The van der Waals surface area contributed by atoms with Crippen LogP contribution in [0.5, 0.6) is 0 Å². The predicted octanol–water partition coefficient (Wildman–Crippen LogP) is 2.78. The maximum Gasteiger partial charge on any atom is 0.161 e. The van der Waals surface area contributed by atoms with E-state index >= 15 is 0 Å². The Kier molecular flexibility index (Phi) is 3.97. The van der Waals surface area contributed by atoms with Gasteiger partial charge >= 0.3 is 0 Å². The fraction of sp³-hybridized carbons (Fsp3) is 0.667. The van der Waals surface area contributed by atoms with Crippen LogP contribution in [0, 0.1) is 5.41 Å². The highest BCUT2D eigenvalue weighted by Gasteiger charge is 2.50. The summed E-state index contributed by atoms with van der Waals surface area (Å²) in [6, 6.07) is 0. The molecule has 1 unspecified atom stereocenters. The molecule has 0 aromatic rings. The van der Waals surface area contributed by atoms with E-state index in [0.29, 0.717) is 6.61 Å². The number of ether oxygens (including phenoxy) is 1. The molecule has 1 atom stereocenters. The topological polar surface area (TPSA) is 34.0 Å². The number of hydrogen-bond donors (Lipinski definition) is 0. The fourth-order valence-corrected chi connectivity index (χ4v) is 3.20. The molecule has 0 aromatic carbocycles. The Morgan fingerprint density at radius 3 is 2.50 bits per heavy atom. The van der Waals surface area contributed by atoms with Crippen molar-refractivity contribution in [3.05, 3.63) is 11.3 Å². The highest BCUT2D eigenvalue weighted by atomic mass is 32.2. The summed E-state index contributed by atoms with van der Waals surface area (Å²) in [4.78, 5) is 7.80. The monoisotopic (exact) mass is 240 g/mol. The summed E-state index contributed by atoms with van der Waals surface area (Å²) in [6.45, 7) is 10.7. The zero-order valence-electron chi connectivity index (χ0n) is 10.7. The predicted molar refractivity (Wildman–Crippen MR) is 72.6 cm³/mol. The molecule has 1 aliphatic heterocycles. The van der Waals surface area contributed by atoms with E-state index in [0.717, 1.165) is 11.3 Å². The van der Waals surface area contributed by atoms with Gasteiger partial charge in [0.2, 0.25) is 0 Å². The maximum absolute atomic E-state index is 5.99. The lowest BCUT2D eigenvalue weighted by Gasteiger charge is -2.40. The molecule has 4 heteroatoms. The molecule has 16 heavy (non-hydrogen) atoms. The van der Waals surface area contributed by atoms with Gasteiger partial charge in [-0.2, -0.15) is 0 Å². The lowest BCUT2D eigenvalue weighted by molar-refractivity contribution is 0.0106. The summed E-state index contributed by atoms with van der Waals surface area (Å²) in [5, 5.41) is 0. The van der Waals surface area contributed by atoms with Crippen molar-refractivity contribution in [2.75, 3.05) is 19.9 Å². The van der Waals surface area contributed by atoms with Gasteiger partial charge < -0.3 is 4.74 Å². The highest BCUT2D eigenvalue weighted by Crippen LogP contribution is 2.51. The minimum atomic E-state index is -0.411. The van der Waals surface area contributed by atoms with Crippen molar-refractivity contribution >= 4 is 24.7 Å². The summed E-state index contributed by atoms with van der Waals surface area (Å²) in [5.74, 6) is 0. The Labute approximate surface area is 102 Å². The second kappa shape index (κ2) is 4.72. The number of thioether (sulfide) groups is 1. The quantitative estimate of drug-likeness (QED) is 0.711. The van der Waals surface area contributed by atoms with Gasteiger partial charge in [-0.3, -0.25) is 9.98 Å². The molecule has 0 spiro atoms. The van der Waals surface area contributed by atoms with Crippen molar-refractivity contribution in [1.82, 2.24) is 0 Å². The van der Waals surface area contributed by atoms with E-state index in [4.69, 9.17) is 4.74 Å². The Hall–Kier alpha value is -0.610. The standard InChI is InChI=1S/C12H20N2OS/c1-11(2,3)12(16-6)10(14-5)9(7-13-4)8-15-12/h7H,5,8H2,1-4,6H3/b13-7-. The van der Waals surface area contributed by atoms with Gasteiger partial charge in [-0.15, -0.1) is 11.8 Å². The van der Waals surface area contributed by atoms with E-state index in [2.05, 4.69) is 37.5 Å². The molecule has 1 aliphatic rings.